The molecule has 2 heterocycles. The van der Waals surface area contributed by atoms with E-state index in [1.54, 1.807) is 30.6 Å². The quantitative estimate of drug-likeness (QED) is 0.613. The molecule has 1 aromatic heterocycles. The number of pyridine rings is 1. The van der Waals surface area contributed by atoms with Crippen molar-refractivity contribution in [1.29, 1.82) is 0 Å². The third-order valence-corrected chi connectivity index (χ3v) is 5.59. The molecule has 0 bridgehead atoms. The molecule has 0 unspecified atom stereocenters. The molecular weight excluding hydrogens is 405 g/mol. The highest BCUT2D eigenvalue weighted by atomic mass is 19.4. The topological polar surface area (TPSA) is 57.3 Å². The van der Waals surface area contributed by atoms with E-state index in [1.165, 1.54) is 12.1 Å². The molecule has 0 atom stereocenters. The summed E-state index contributed by atoms with van der Waals surface area (Å²) >= 11 is 0. The molecule has 5 nitrogen and oxygen atoms in total. The van der Waals surface area contributed by atoms with Gasteiger partial charge in [-0.15, -0.1) is 0 Å². The van der Waals surface area contributed by atoms with Crippen molar-refractivity contribution in [2.45, 2.75) is 25.1 Å². The molecule has 2 aromatic carbocycles. The number of anilines is 2. The number of nitrogens with zero attached hydrogens (tertiary/aromatic N) is 2. The average molecular weight is 428 g/mol. The second-order valence-corrected chi connectivity index (χ2v) is 7.84. The lowest BCUT2D eigenvalue weighted by Crippen LogP contribution is -2.37. The minimum absolute atomic E-state index is 0.00911. The monoisotopic (exact) mass is 428 g/mol. The summed E-state index contributed by atoms with van der Waals surface area (Å²) < 4.78 is 41.3. The molecule has 1 saturated heterocycles. The number of carbonyl (C=O) groups excluding carboxylic acids is 1. The molecule has 0 aliphatic carbocycles. The number of amides is 1. The Bertz CT molecular complexity index is 1090. The van der Waals surface area contributed by atoms with Crippen LogP contribution in [-0.2, 0) is 6.18 Å². The van der Waals surface area contributed by atoms with Crippen LogP contribution in [0.5, 0.6) is 0 Å². The van der Waals surface area contributed by atoms with E-state index >= 15 is 0 Å². The highest BCUT2D eigenvalue weighted by molar-refractivity contribution is 6.09. The molecule has 0 spiro atoms. The normalized spacial score (nSPS) is 15.7. The lowest BCUT2D eigenvalue weighted by Gasteiger charge is -2.31. The van der Waals surface area contributed by atoms with Crippen LogP contribution in [0, 0.1) is 0 Å². The first-order valence-electron chi connectivity index (χ1n) is 10.1. The van der Waals surface area contributed by atoms with Gasteiger partial charge in [0.2, 0.25) is 0 Å². The zero-order valence-electron chi connectivity index (χ0n) is 17.0. The van der Waals surface area contributed by atoms with Crippen LogP contribution in [0.3, 0.4) is 0 Å². The number of carbonyl (C=O) groups is 1. The first kappa shape index (κ1) is 21.1. The van der Waals surface area contributed by atoms with Crippen molar-refractivity contribution in [1.82, 2.24) is 9.88 Å². The maximum atomic E-state index is 13.8. The Hall–Kier alpha value is -3.13. The van der Waals surface area contributed by atoms with Crippen LogP contribution in [0.4, 0.5) is 24.5 Å². The van der Waals surface area contributed by atoms with Crippen LogP contribution in [-0.4, -0.2) is 42.0 Å². The van der Waals surface area contributed by atoms with Crippen molar-refractivity contribution in [2.75, 3.05) is 30.8 Å². The van der Waals surface area contributed by atoms with E-state index in [4.69, 9.17) is 0 Å². The predicted octanol–water partition coefficient (Wildman–Crippen LogP) is 5.01. The second-order valence-electron chi connectivity index (χ2n) is 7.84. The Labute approximate surface area is 178 Å². The van der Waals surface area contributed by atoms with E-state index in [-0.39, 0.29) is 17.3 Å². The summed E-state index contributed by atoms with van der Waals surface area (Å²) in [7, 11) is 2.00. The van der Waals surface area contributed by atoms with Gasteiger partial charge in [-0.05, 0) is 63.3 Å². The third-order valence-electron chi connectivity index (χ3n) is 5.59. The summed E-state index contributed by atoms with van der Waals surface area (Å²) in [6, 6.07) is 10.7. The molecule has 0 radical (unpaired) electrons. The van der Waals surface area contributed by atoms with Gasteiger partial charge in [0.1, 0.15) is 0 Å². The fraction of sp³-hybridized carbons (Fsp3) is 0.304. The van der Waals surface area contributed by atoms with Gasteiger partial charge < -0.3 is 15.5 Å². The minimum Gasteiger partial charge on any atom is -0.382 e. The van der Waals surface area contributed by atoms with Gasteiger partial charge in [0, 0.05) is 46.1 Å². The van der Waals surface area contributed by atoms with Crippen LogP contribution < -0.4 is 10.6 Å². The number of hydrogen-bond donors (Lipinski definition) is 2. The van der Waals surface area contributed by atoms with Gasteiger partial charge in [-0.3, -0.25) is 9.78 Å². The highest BCUT2D eigenvalue weighted by Gasteiger charge is 2.35. The molecule has 162 valence electrons. The number of halogens is 3. The largest absolute Gasteiger partial charge is 0.418 e. The van der Waals surface area contributed by atoms with E-state index in [2.05, 4.69) is 20.5 Å². The summed E-state index contributed by atoms with van der Waals surface area (Å²) in [6.07, 6.45) is 0.229. The van der Waals surface area contributed by atoms with E-state index < -0.39 is 17.6 Å². The predicted molar refractivity (Wildman–Crippen MR) is 115 cm³/mol. The molecular formula is C23H23F3N4O. The van der Waals surface area contributed by atoms with Crippen LogP contribution in [0.15, 0.2) is 54.9 Å². The maximum Gasteiger partial charge on any atom is 0.418 e. The van der Waals surface area contributed by atoms with Gasteiger partial charge in [-0.1, -0.05) is 12.1 Å². The molecule has 31 heavy (non-hydrogen) atoms. The van der Waals surface area contributed by atoms with Gasteiger partial charge >= 0.3 is 6.18 Å². The summed E-state index contributed by atoms with van der Waals surface area (Å²) in [5.41, 5.74) is -0.352. The van der Waals surface area contributed by atoms with Gasteiger partial charge in [-0.25, -0.2) is 0 Å². The Balaban J connectivity index is 1.59. The van der Waals surface area contributed by atoms with Crippen molar-refractivity contribution in [3.8, 4) is 0 Å². The molecule has 3 aromatic rings. The van der Waals surface area contributed by atoms with Gasteiger partial charge in [0.05, 0.1) is 5.56 Å². The zero-order chi connectivity index (χ0) is 22.0. The SMILES string of the molecule is CN1CCC(Nc2ccc(C(=O)Nc3cccc4cnccc34)cc2C(F)(F)F)CC1. The van der Waals surface area contributed by atoms with Crippen molar-refractivity contribution in [2.24, 2.45) is 0 Å². The number of hydrogen-bond acceptors (Lipinski definition) is 4. The van der Waals surface area contributed by atoms with E-state index in [1.807, 2.05) is 13.1 Å². The number of nitrogens with one attached hydrogen (secondary N) is 2. The maximum absolute atomic E-state index is 13.8. The van der Waals surface area contributed by atoms with Gasteiger partial charge in [0.25, 0.3) is 5.91 Å². The Morgan fingerprint density at radius 1 is 1.10 bits per heavy atom. The molecule has 8 heteroatoms. The first-order chi connectivity index (χ1) is 14.8. The number of benzene rings is 2. The lowest BCUT2D eigenvalue weighted by molar-refractivity contribution is -0.137. The molecule has 1 fully saturated rings. The lowest BCUT2D eigenvalue weighted by atomic mass is 10.0. The number of alkyl halides is 3. The Morgan fingerprint density at radius 2 is 1.87 bits per heavy atom. The summed E-state index contributed by atoms with van der Waals surface area (Å²) in [4.78, 5) is 19.0. The smallest absolute Gasteiger partial charge is 0.382 e. The number of likely N-dealkylation sites (tertiary alicyclic amines) is 1. The second kappa shape index (κ2) is 8.55. The number of aromatic nitrogens is 1. The van der Waals surface area contributed by atoms with E-state index in [0.717, 1.165) is 42.8 Å². The van der Waals surface area contributed by atoms with E-state index in [9.17, 15) is 18.0 Å². The molecule has 1 aliphatic heterocycles. The fourth-order valence-corrected chi connectivity index (χ4v) is 3.84. The molecule has 4 rings (SSSR count). The standard InChI is InChI=1S/C23H23F3N4O/c1-30-11-8-17(9-12-30)28-21-6-5-15(13-19(21)23(24,25)26)22(31)29-20-4-2-3-16-14-27-10-7-18(16)20/h2-7,10,13-14,17,28H,8-9,11-12H2,1H3,(H,29,31). The Kier molecular flexibility index (Phi) is 5.82. The first-order valence-corrected chi connectivity index (χ1v) is 10.1. The number of rotatable bonds is 4. The van der Waals surface area contributed by atoms with Crippen molar-refractivity contribution in [3.63, 3.8) is 0 Å². The Morgan fingerprint density at radius 3 is 2.61 bits per heavy atom. The van der Waals surface area contributed by atoms with Crippen LogP contribution in [0.1, 0.15) is 28.8 Å². The van der Waals surface area contributed by atoms with Gasteiger partial charge in [0.15, 0.2) is 0 Å². The van der Waals surface area contributed by atoms with Gasteiger partial charge in [-0.2, -0.15) is 13.2 Å². The summed E-state index contributed by atoms with van der Waals surface area (Å²) in [6.45, 7) is 1.67. The zero-order valence-corrected chi connectivity index (χ0v) is 17.0. The number of piperidine rings is 1. The van der Waals surface area contributed by atoms with Crippen LogP contribution in [0.2, 0.25) is 0 Å². The molecule has 1 aliphatic rings. The minimum atomic E-state index is -4.57. The average Bonchev–Trinajstić information content (AvgIpc) is 2.75. The third kappa shape index (κ3) is 4.80. The summed E-state index contributed by atoms with van der Waals surface area (Å²) in [5.74, 6) is -0.597. The van der Waals surface area contributed by atoms with Crippen molar-refractivity contribution < 1.29 is 18.0 Å². The highest BCUT2D eigenvalue weighted by Crippen LogP contribution is 2.36. The number of fused-ring (bicyclic) bond motifs is 1. The van der Waals surface area contributed by atoms with Crippen molar-refractivity contribution in [3.05, 3.63) is 66.0 Å². The van der Waals surface area contributed by atoms with Crippen molar-refractivity contribution >= 4 is 28.1 Å². The van der Waals surface area contributed by atoms with Crippen LogP contribution >= 0.6 is 0 Å². The molecule has 2 N–H and O–H groups in total. The van der Waals surface area contributed by atoms with E-state index in [0.29, 0.717) is 5.69 Å². The van der Waals surface area contributed by atoms with Crippen LogP contribution in [0.25, 0.3) is 10.8 Å². The summed E-state index contributed by atoms with van der Waals surface area (Å²) in [5, 5.41) is 7.35. The molecule has 0 saturated carbocycles. The molecule has 1 amide bonds. The fourth-order valence-electron chi connectivity index (χ4n) is 3.84.